The molecule has 1 aromatic carbocycles. The van der Waals surface area contributed by atoms with E-state index < -0.39 is 6.10 Å². The van der Waals surface area contributed by atoms with Crippen LogP contribution < -0.4 is 9.47 Å². The number of ether oxygens (including phenoxy) is 2. The van der Waals surface area contributed by atoms with E-state index >= 15 is 0 Å². The van der Waals surface area contributed by atoms with E-state index in [9.17, 15) is 5.11 Å². The van der Waals surface area contributed by atoms with E-state index in [0.717, 1.165) is 30.6 Å². The van der Waals surface area contributed by atoms with Gasteiger partial charge < -0.3 is 14.6 Å². The molecule has 3 rings (SSSR count). The molecule has 1 aromatic heterocycles. The number of rotatable bonds is 4. The molecule has 1 aliphatic carbocycles. The average molecular weight is 304 g/mol. The zero-order chi connectivity index (χ0) is 14.8. The summed E-state index contributed by atoms with van der Waals surface area (Å²) in [6.45, 7) is 0. The van der Waals surface area contributed by atoms with Crippen LogP contribution in [-0.2, 0) is 6.42 Å². The van der Waals surface area contributed by atoms with Gasteiger partial charge in [-0.25, -0.2) is 0 Å². The standard InChI is InChI=1S/C17H20O3S/c1-19-11-6-7-15(20-2)14(10-11)17(18)13-4-3-5-16-12(13)8-9-21-16/h6-10,13,17-18H,3-5H2,1-2H3. The Bertz CT molecular complexity index is 620. The van der Waals surface area contributed by atoms with Crippen LogP contribution in [0.4, 0.5) is 0 Å². The number of aryl methyl sites for hydroxylation is 1. The number of aliphatic hydroxyl groups is 1. The number of fused-ring (bicyclic) bond motifs is 1. The van der Waals surface area contributed by atoms with Gasteiger partial charge in [0.15, 0.2) is 0 Å². The summed E-state index contributed by atoms with van der Waals surface area (Å²) in [6.07, 6.45) is 2.70. The largest absolute Gasteiger partial charge is 0.497 e. The zero-order valence-electron chi connectivity index (χ0n) is 12.3. The number of aliphatic hydroxyl groups excluding tert-OH is 1. The van der Waals surface area contributed by atoms with Crippen LogP contribution in [0.15, 0.2) is 29.6 Å². The minimum Gasteiger partial charge on any atom is -0.497 e. The molecule has 0 aliphatic heterocycles. The predicted molar refractivity (Wildman–Crippen MR) is 84.5 cm³/mol. The van der Waals surface area contributed by atoms with Crippen molar-refractivity contribution in [3.05, 3.63) is 45.6 Å². The highest BCUT2D eigenvalue weighted by atomic mass is 32.1. The first-order chi connectivity index (χ1) is 10.2. The molecule has 4 heteroatoms. The van der Waals surface area contributed by atoms with E-state index in [1.54, 1.807) is 25.6 Å². The smallest absolute Gasteiger partial charge is 0.124 e. The van der Waals surface area contributed by atoms with Gasteiger partial charge >= 0.3 is 0 Å². The number of benzene rings is 1. The quantitative estimate of drug-likeness (QED) is 0.930. The van der Waals surface area contributed by atoms with Crippen LogP contribution in [0.2, 0.25) is 0 Å². The molecular weight excluding hydrogens is 284 g/mol. The van der Waals surface area contributed by atoms with Crippen LogP contribution >= 0.6 is 11.3 Å². The first-order valence-corrected chi connectivity index (χ1v) is 8.08. The van der Waals surface area contributed by atoms with Crippen molar-refractivity contribution >= 4 is 11.3 Å². The second-order valence-electron chi connectivity index (χ2n) is 5.35. The third kappa shape index (κ3) is 2.65. The lowest BCUT2D eigenvalue weighted by Gasteiger charge is -2.28. The van der Waals surface area contributed by atoms with Crippen molar-refractivity contribution in [2.24, 2.45) is 0 Å². The predicted octanol–water partition coefficient (Wildman–Crippen LogP) is 3.92. The van der Waals surface area contributed by atoms with E-state index in [2.05, 4.69) is 11.4 Å². The van der Waals surface area contributed by atoms with E-state index in [1.165, 1.54) is 10.4 Å². The van der Waals surface area contributed by atoms with Gasteiger partial charge in [-0.3, -0.25) is 0 Å². The van der Waals surface area contributed by atoms with Crippen LogP contribution in [0.1, 0.15) is 40.9 Å². The summed E-state index contributed by atoms with van der Waals surface area (Å²) in [4.78, 5) is 1.41. The summed E-state index contributed by atoms with van der Waals surface area (Å²) >= 11 is 1.79. The van der Waals surface area contributed by atoms with Crippen molar-refractivity contribution in [3.8, 4) is 11.5 Å². The molecule has 0 amide bonds. The fourth-order valence-corrected chi connectivity index (χ4v) is 4.13. The van der Waals surface area contributed by atoms with Crippen LogP contribution in [0, 0.1) is 0 Å². The maximum absolute atomic E-state index is 10.9. The molecule has 2 atom stereocenters. The van der Waals surface area contributed by atoms with E-state index in [0.29, 0.717) is 5.75 Å². The van der Waals surface area contributed by atoms with Gasteiger partial charge in [0.1, 0.15) is 11.5 Å². The highest BCUT2D eigenvalue weighted by molar-refractivity contribution is 7.10. The Hall–Kier alpha value is -1.52. The molecule has 2 aromatic rings. The maximum Gasteiger partial charge on any atom is 0.124 e. The Morgan fingerprint density at radius 1 is 1.24 bits per heavy atom. The molecule has 0 spiro atoms. The molecular formula is C17H20O3S. The fourth-order valence-electron chi connectivity index (χ4n) is 3.14. The molecule has 1 N–H and O–H groups in total. The van der Waals surface area contributed by atoms with Crippen molar-refractivity contribution in [1.82, 2.24) is 0 Å². The third-order valence-corrected chi connectivity index (χ3v) is 5.23. The average Bonchev–Trinajstić information content (AvgIpc) is 3.02. The van der Waals surface area contributed by atoms with E-state index in [4.69, 9.17) is 9.47 Å². The fraction of sp³-hybridized carbons (Fsp3) is 0.412. The number of methoxy groups -OCH3 is 2. The summed E-state index contributed by atoms with van der Waals surface area (Å²) in [5.41, 5.74) is 2.10. The van der Waals surface area contributed by atoms with E-state index in [-0.39, 0.29) is 5.92 Å². The van der Waals surface area contributed by atoms with Gasteiger partial charge in [0.2, 0.25) is 0 Å². The van der Waals surface area contributed by atoms with E-state index in [1.807, 2.05) is 18.2 Å². The molecule has 0 saturated heterocycles. The molecule has 3 nitrogen and oxygen atoms in total. The normalized spacial score (nSPS) is 18.9. The Balaban J connectivity index is 1.98. The topological polar surface area (TPSA) is 38.7 Å². The second-order valence-corrected chi connectivity index (χ2v) is 6.35. The Labute approximate surface area is 129 Å². The molecule has 1 aliphatic rings. The molecule has 21 heavy (non-hydrogen) atoms. The summed E-state index contributed by atoms with van der Waals surface area (Å²) in [5, 5.41) is 13.0. The van der Waals surface area contributed by atoms with Gasteiger partial charge in [-0.1, -0.05) is 0 Å². The van der Waals surface area contributed by atoms with Gasteiger partial charge in [0.05, 0.1) is 20.3 Å². The number of hydrogen-bond donors (Lipinski definition) is 1. The number of thiophene rings is 1. The lowest BCUT2D eigenvalue weighted by molar-refractivity contribution is 0.132. The number of hydrogen-bond acceptors (Lipinski definition) is 4. The third-order valence-electron chi connectivity index (χ3n) is 4.23. The highest BCUT2D eigenvalue weighted by Gasteiger charge is 2.30. The molecule has 0 radical (unpaired) electrons. The minimum atomic E-state index is -0.566. The van der Waals surface area contributed by atoms with Gasteiger partial charge in [0, 0.05) is 16.4 Å². The lowest BCUT2D eigenvalue weighted by Crippen LogP contribution is -2.16. The first-order valence-electron chi connectivity index (χ1n) is 7.21. The summed E-state index contributed by atoms with van der Waals surface area (Å²) in [6, 6.07) is 7.74. The van der Waals surface area contributed by atoms with Gasteiger partial charge in [-0.2, -0.15) is 0 Å². The Kier molecular flexibility index (Phi) is 4.17. The van der Waals surface area contributed by atoms with Crippen LogP contribution in [0.25, 0.3) is 0 Å². The van der Waals surface area contributed by atoms with Crippen molar-refractivity contribution in [2.45, 2.75) is 31.3 Å². The molecule has 112 valence electrons. The van der Waals surface area contributed by atoms with Crippen molar-refractivity contribution in [3.63, 3.8) is 0 Å². The van der Waals surface area contributed by atoms with Crippen LogP contribution in [0.5, 0.6) is 11.5 Å². The van der Waals surface area contributed by atoms with Crippen LogP contribution in [-0.4, -0.2) is 19.3 Å². The molecule has 2 unspecified atom stereocenters. The Morgan fingerprint density at radius 2 is 2.10 bits per heavy atom. The molecule has 0 fully saturated rings. The molecule has 1 heterocycles. The Morgan fingerprint density at radius 3 is 2.86 bits per heavy atom. The van der Waals surface area contributed by atoms with Crippen molar-refractivity contribution in [1.29, 1.82) is 0 Å². The minimum absolute atomic E-state index is 0.140. The van der Waals surface area contributed by atoms with Gasteiger partial charge in [-0.15, -0.1) is 11.3 Å². The second kappa shape index (κ2) is 6.08. The lowest BCUT2D eigenvalue weighted by atomic mass is 9.81. The highest BCUT2D eigenvalue weighted by Crippen LogP contribution is 2.44. The SMILES string of the molecule is COc1ccc(OC)c(C(O)C2CCCc3sccc32)c1. The summed E-state index contributed by atoms with van der Waals surface area (Å²) in [5.74, 6) is 1.60. The van der Waals surface area contributed by atoms with Crippen molar-refractivity contribution in [2.75, 3.05) is 14.2 Å². The molecule has 0 bridgehead atoms. The summed E-state index contributed by atoms with van der Waals surface area (Å²) in [7, 11) is 3.27. The first kappa shape index (κ1) is 14.4. The monoisotopic (exact) mass is 304 g/mol. The van der Waals surface area contributed by atoms with Crippen LogP contribution in [0.3, 0.4) is 0 Å². The van der Waals surface area contributed by atoms with Crippen molar-refractivity contribution < 1.29 is 14.6 Å². The van der Waals surface area contributed by atoms with Gasteiger partial charge in [0.25, 0.3) is 0 Å². The molecule has 0 saturated carbocycles. The summed E-state index contributed by atoms with van der Waals surface area (Å²) < 4.78 is 10.7. The maximum atomic E-state index is 10.9. The van der Waals surface area contributed by atoms with Gasteiger partial charge in [-0.05, 0) is 54.5 Å². The zero-order valence-corrected chi connectivity index (χ0v) is 13.2.